The highest BCUT2D eigenvalue weighted by Crippen LogP contribution is 2.04. The first-order valence-electron chi connectivity index (χ1n) is 6.28. The Kier molecular flexibility index (Phi) is 6.19. The van der Waals surface area contributed by atoms with Crippen LogP contribution in [0.25, 0.3) is 0 Å². The highest BCUT2D eigenvalue weighted by Gasteiger charge is 2.14. The Morgan fingerprint density at radius 3 is 2.41 bits per heavy atom. The van der Waals surface area contributed by atoms with E-state index in [1.807, 2.05) is 30.3 Å². The zero-order valence-electron chi connectivity index (χ0n) is 10.8. The van der Waals surface area contributed by atoms with Gasteiger partial charge < -0.3 is 16.2 Å². The minimum absolute atomic E-state index is 0.211. The van der Waals surface area contributed by atoms with Crippen LogP contribution in [0.5, 0.6) is 0 Å². The molecule has 1 aromatic carbocycles. The number of aliphatic hydroxyl groups is 1. The summed E-state index contributed by atoms with van der Waals surface area (Å²) >= 11 is 0. The van der Waals surface area contributed by atoms with Crippen LogP contribution in [0, 0.1) is 5.92 Å². The maximum atomic E-state index is 9.90. The molecule has 96 valence electrons. The lowest BCUT2D eigenvalue weighted by Gasteiger charge is -2.20. The SMILES string of the molecule is CC(C)CNCC(O)[C@@H](N)Cc1ccccc1. The Balaban J connectivity index is 2.29. The quantitative estimate of drug-likeness (QED) is 0.666. The van der Waals surface area contributed by atoms with Crippen LogP contribution in [-0.4, -0.2) is 30.3 Å². The van der Waals surface area contributed by atoms with E-state index in [2.05, 4.69) is 19.2 Å². The van der Waals surface area contributed by atoms with Gasteiger partial charge in [0.05, 0.1) is 6.10 Å². The monoisotopic (exact) mass is 236 g/mol. The minimum atomic E-state index is -0.492. The lowest BCUT2D eigenvalue weighted by Crippen LogP contribution is -2.43. The molecule has 0 heterocycles. The molecule has 1 rings (SSSR count). The molecule has 2 atom stereocenters. The Morgan fingerprint density at radius 1 is 1.18 bits per heavy atom. The van der Waals surface area contributed by atoms with Gasteiger partial charge in [-0.2, -0.15) is 0 Å². The van der Waals surface area contributed by atoms with Crippen LogP contribution in [0.2, 0.25) is 0 Å². The molecule has 0 saturated heterocycles. The molecule has 1 aromatic rings. The summed E-state index contributed by atoms with van der Waals surface area (Å²) in [6.07, 6.45) is 0.222. The van der Waals surface area contributed by atoms with Crippen molar-refractivity contribution in [1.29, 1.82) is 0 Å². The number of rotatable bonds is 7. The third-order valence-electron chi connectivity index (χ3n) is 2.71. The Hall–Kier alpha value is -0.900. The van der Waals surface area contributed by atoms with E-state index in [-0.39, 0.29) is 6.04 Å². The highest BCUT2D eigenvalue weighted by molar-refractivity contribution is 5.16. The molecule has 0 aliphatic heterocycles. The molecule has 0 bridgehead atoms. The van der Waals surface area contributed by atoms with Crippen LogP contribution in [0.3, 0.4) is 0 Å². The summed E-state index contributed by atoms with van der Waals surface area (Å²) in [5.41, 5.74) is 7.15. The second-order valence-corrected chi connectivity index (χ2v) is 4.97. The maximum Gasteiger partial charge on any atom is 0.0818 e. The Morgan fingerprint density at radius 2 is 1.82 bits per heavy atom. The average molecular weight is 236 g/mol. The normalized spacial score (nSPS) is 14.9. The van der Waals surface area contributed by atoms with E-state index in [0.717, 1.165) is 6.54 Å². The second-order valence-electron chi connectivity index (χ2n) is 4.97. The van der Waals surface area contributed by atoms with E-state index in [1.165, 1.54) is 5.56 Å². The molecule has 0 spiro atoms. The van der Waals surface area contributed by atoms with Crippen molar-refractivity contribution in [2.24, 2.45) is 11.7 Å². The van der Waals surface area contributed by atoms with Gasteiger partial charge in [-0.25, -0.2) is 0 Å². The van der Waals surface area contributed by atoms with Crippen molar-refractivity contribution in [2.75, 3.05) is 13.1 Å². The molecule has 4 N–H and O–H groups in total. The van der Waals surface area contributed by atoms with Crippen molar-refractivity contribution in [1.82, 2.24) is 5.32 Å². The first kappa shape index (κ1) is 14.2. The molecule has 17 heavy (non-hydrogen) atoms. The van der Waals surface area contributed by atoms with Gasteiger partial charge in [0.2, 0.25) is 0 Å². The van der Waals surface area contributed by atoms with Gasteiger partial charge in [0, 0.05) is 12.6 Å². The van der Waals surface area contributed by atoms with Crippen molar-refractivity contribution in [3.05, 3.63) is 35.9 Å². The van der Waals surface area contributed by atoms with Crippen molar-refractivity contribution in [3.63, 3.8) is 0 Å². The summed E-state index contributed by atoms with van der Waals surface area (Å²) in [6.45, 7) is 5.76. The molecule has 0 aliphatic carbocycles. The largest absolute Gasteiger partial charge is 0.390 e. The van der Waals surface area contributed by atoms with Crippen molar-refractivity contribution in [2.45, 2.75) is 32.4 Å². The van der Waals surface area contributed by atoms with E-state index in [0.29, 0.717) is 18.9 Å². The number of hydrogen-bond donors (Lipinski definition) is 3. The Labute approximate surface area is 104 Å². The van der Waals surface area contributed by atoms with Crippen LogP contribution in [-0.2, 0) is 6.42 Å². The first-order chi connectivity index (χ1) is 8.09. The van der Waals surface area contributed by atoms with E-state index in [1.54, 1.807) is 0 Å². The van der Waals surface area contributed by atoms with Gasteiger partial charge in [0.15, 0.2) is 0 Å². The molecular formula is C14H24N2O. The molecule has 0 aromatic heterocycles. The molecule has 0 fully saturated rings. The highest BCUT2D eigenvalue weighted by atomic mass is 16.3. The second kappa shape index (κ2) is 7.43. The van der Waals surface area contributed by atoms with Crippen molar-refractivity contribution in [3.8, 4) is 0 Å². The van der Waals surface area contributed by atoms with Gasteiger partial charge in [-0.15, -0.1) is 0 Å². The lowest BCUT2D eigenvalue weighted by molar-refractivity contribution is 0.141. The van der Waals surface area contributed by atoms with Gasteiger partial charge in [-0.3, -0.25) is 0 Å². The smallest absolute Gasteiger partial charge is 0.0818 e. The van der Waals surface area contributed by atoms with Gasteiger partial charge in [0.25, 0.3) is 0 Å². The number of benzene rings is 1. The zero-order chi connectivity index (χ0) is 12.7. The molecule has 3 nitrogen and oxygen atoms in total. The fraction of sp³-hybridized carbons (Fsp3) is 0.571. The maximum absolute atomic E-state index is 9.90. The number of nitrogens with one attached hydrogen (secondary N) is 1. The predicted octanol–water partition coefficient (Wildman–Crippen LogP) is 1.16. The average Bonchev–Trinajstić information content (AvgIpc) is 2.29. The number of nitrogens with two attached hydrogens (primary N) is 1. The van der Waals surface area contributed by atoms with Crippen LogP contribution < -0.4 is 11.1 Å². The van der Waals surface area contributed by atoms with E-state index >= 15 is 0 Å². The van der Waals surface area contributed by atoms with Crippen LogP contribution in [0.1, 0.15) is 19.4 Å². The molecule has 0 saturated carbocycles. The fourth-order valence-corrected chi connectivity index (χ4v) is 1.69. The van der Waals surface area contributed by atoms with Gasteiger partial charge in [-0.05, 0) is 24.4 Å². The van der Waals surface area contributed by atoms with Crippen LogP contribution >= 0.6 is 0 Å². The summed E-state index contributed by atoms with van der Waals surface area (Å²) in [4.78, 5) is 0. The van der Waals surface area contributed by atoms with Crippen LogP contribution in [0.15, 0.2) is 30.3 Å². The van der Waals surface area contributed by atoms with E-state index in [4.69, 9.17) is 5.73 Å². The lowest BCUT2D eigenvalue weighted by atomic mass is 10.0. The first-order valence-corrected chi connectivity index (χ1v) is 6.28. The Bertz CT molecular complexity index is 300. The summed E-state index contributed by atoms with van der Waals surface area (Å²) in [5, 5.41) is 13.1. The third kappa shape index (κ3) is 5.82. The topological polar surface area (TPSA) is 58.3 Å². The van der Waals surface area contributed by atoms with Gasteiger partial charge in [-0.1, -0.05) is 44.2 Å². The molecule has 0 radical (unpaired) electrons. The van der Waals surface area contributed by atoms with Gasteiger partial charge in [0.1, 0.15) is 0 Å². The number of aliphatic hydroxyl groups excluding tert-OH is 1. The summed E-state index contributed by atoms with van der Waals surface area (Å²) in [7, 11) is 0. The molecule has 3 heteroatoms. The molecule has 0 amide bonds. The van der Waals surface area contributed by atoms with Crippen molar-refractivity contribution >= 4 is 0 Å². The number of hydrogen-bond acceptors (Lipinski definition) is 3. The molecule has 0 aliphatic rings. The summed E-state index contributed by atoms with van der Waals surface area (Å²) in [6, 6.07) is 9.83. The third-order valence-corrected chi connectivity index (χ3v) is 2.71. The molecule has 1 unspecified atom stereocenters. The summed E-state index contributed by atoms with van der Waals surface area (Å²) in [5.74, 6) is 0.590. The van der Waals surface area contributed by atoms with Crippen molar-refractivity contribution < 1.29 is 5.11 Å². The molecular weight excluding hydrogens is 212 g/mol. The zero-order valence-corrected chi connectivity index (χ0v) is 10.8. The van der Waals surface area contributed by atoms with Gasteiger partial charge >= 0.3 is 0 Å². The standard InChI is InChI=1S/C14H24N2O/c1-11(2)9-16-10-14(17)13(15)8-12-6-4-3-5-7-12/h3-7,11,13-14,16-17H,8-10,15H2,1-2H3/t13-,14?/m0/s1. The minimum Gasteiger partial charge on any atom is -0.390 e. The van der Waals surface area contributed by atoms with Crippen LogP contribution in [0.4, 0.5) is 0 Å². The summed E-state index contributed by atoms with van der Waals surface area (Å²) < 4.78 is 0. The fourth-order valence-electron chi connectivity index (χ4n) is 1.69. The predicted molar refractivity (Wildman–Crippen MR) is 71.8 cm³/mol. The van der Waals surface area contributed by atoms with E-state index in [9.17, 15) is 5.11 Å². The van der Waals surface area contributed by atoms with E-state index < -0.39 is 6.10 Å².